The predicted octanol–water partition coefficient (Wildman–Crippen LogP) is 5.04. The number of carbonyl (C=O) groups is 1. The number of non-ortho nitro benzene ring substituents is 1. The van der Waals surface area contributed by atoms with Crippen LogP contribution in [0.4, 0.5) is 5.69 Å². The lowest BCUT2D eigenvalue weighted by atomic mass is 10.1. The summed E-state index contributed by atoms with van der Waals surface area (Å²) in [6.45, 7) is 1.84. The van der Waals surface area contributed by atoms with Gasteiger partial charge in [-0.25, -0.2) is 4.98 Å². The third-order valence-corrected chi connectivity index (χ3v) is 6.12. The van der Waals surface area contributed by atoms with E-state index >= 15 is 0 Å². The maximum atomic E-state index is 12.7. The van der Waals surface area contributed by atoms with Crippen LogP contribution in [0.2, 0.25) is 0 Å². The summed E-state index contributed by atoms with van der Waals surface area (Å²) in [5.41, 5.74) is 1.45. The minimum atomic E-state index is -0.648. The van der Waals surface area contributed by atoms with Crippen LogP contribution in [0.1, 0.15) is 22.2 Å². The zero-order valence-electron chi connectivity index (χ0n) is 14.5. The van der Waals surface area contributed by atoms with Crippen LogP contribution in [-0.2, 0) is 4.79 Å². The number of nitrogens with one attached hydrogen (secondary N) is 1. The molecule has 3 aromatic rings. The summed E-state index contributed by atoms with van der Waals surface area (Å²) < 4.78 is 5.81. The third-order valence-electron chi connectivity index (χ3n) is 4.28. The van der Waals surface area contributed by atoms with E-state index in [-0.39, 0.29) is 16.5 Å². The van der Waals surface area contributed by atoms with Gasteiger partial charge in [-0.3, -0.25) is 20.3 Å². The molecular weight excluding hydrogens is 398 g/mol. The molecule has 0 amide bonds. The lowest BCUT2D eigenvalue weighted by Crippen LogP contribution is -2.11. The Kier molecular flexibility index (Phi) is 4.70. The van der Waals surface area contributed by atoms with Crippen molar-refractivity contribution >= 4 is 45.7 Å². The summed E-state index contributed by atoms with van der Waals surface area (Å²) in [7, 11) is 0. The molecule has 1 aliphatic rings. The van der Waals surface area contributed by atoms with Crippen molar-refractivity contribution in [3.05, 3.63) is 73.3 Å². The van der Waals surface area contributed by atoms with E-state index in [0.717, 1.165) is 17.3 Å². The fraction of sp³-hybridized carbons (Fsp3) is 0.105. The van der Waals surface area contributed by atoms with Crippen LogP contribution in [0.3, 0.4) is 0 Å². The smallest absolute Gasteiger partial charge is 0.270 e. The van der Waals surface area contributed by atoms with E-state index < -0.39 is 10.8 Å². The van der Waals surface area contributed by atoms with Gasteiger partial charge in [0.15, 0.2) is 5.78 Å². The highest BCUT2D eigenvalue weighted by molar-refractivity contribution is 8.19. The second-order valence-corrected chi connectivity index (χ2v) is 8.11. The molecule has 1 atom stereocenters. The van der Waals surface area contributed by atoms with Gasteiger partial charge in [-0.1, -0.05) is 17.8 Å². The number of thiazole rings is 1. The molecule has 28 heavy (non-hydrogen) atoms. The molecule has 0 aliphatic carbocycles. The molecule has 0 bridgehead atoms. The molecule has 1 aliphatic heterocycles. The molecule has 1 aromatic carbocycles. The fourth-order valence-corrected chi connectivity index (χ4v) is 4.67. The van der Waals surface area contributed by atoms with Gasteiger partial charge in [0.25, 0.3) is 5.69 Å². The highest BCUT2D eigenvalue weighted by atomic mass is 32.2. The first kappa shape index (κ1) is 18.3. The first-order valence-electron chi connectivity index (χ1n) is 8.21. The number of ketones is 1. The quantitative estimate of drug-likeness (QED) is 0.366. The van der Waals surface area contributed by atoms with E-state index in [1.54, 1.807) is 35.9 Å². The molecule has 0 saturated carbocycles. The van der Waals surface area contributed by atoms with Crippen molar-refractivity contribution in [1.29, 1.82) is 5.41 Å². The molecule has 0 spiro atoms. The number of rotatable bonds is 4. The van der Waals surface area contributed by atoms with E-state index in [4.69, 9.17) is 9.83 Å². The van der Waals surface area contributed by atoms with Crippen molar-refractivity contribution < 1.29 is 14.1 Å². The van der Waals surface area contributed by atoms with Gasteiger partial charge in [0.05, 0.1) is 14.9 Å². The molecule has 2 aromatic heterocycles. The standard InChI is InChI=1S/C19H13N3O4S2/c1-10-2-3-11(22(24)25)8-13(10)14-5-4-12(26-14)9-15-17(23)16(18(20)28-15)19-21-6-7-27-19/h2-9,16,20H,1H3. The van der Waals surface area contributed by atoms with Crippen LogP contribution in [0, 0.1) is 22.4 Å². The van der Waals surface area contributed by atoms with Gasteiger partial charge in [-0.15, -0.1) is 11.3 Å². The summed E-state index contributed by atoms with van der Waals surface area (Å²) in [4.78, 5) is 27.8. The van der Waals surface area contributed by atoms with Crippen molar-refractivity contribution in [2.75, 3.05) is 0 Å². The summed E-state index contributed by atoms with van der Waals surface area (Å²) in [6.07, 6.45) is 3.22. The van der Waals surface area contributed by atoms with Gasteiger partial charge in [0, 0.05) is 29.3 Å². The Morgan fingerprint density at radius 1 is 1.32 bits per heavy atom. The average molecular weight is 411 g/mol. The van der Waals surface area contributed by atoms with E-state index in [2.05, 4.69) is 4.98 Å². The van der Waals surface area contributed by atoms with Gasteiger partial charge in [0.2, 0.25) is 0 Å². The highest BCUT2D eigenvalue weighted by Crippen LogP contribution is 2.41. The summed E-state index contributed by atoms with van der Waals surface area (Å²) in [5, 5.41) is 21.8. The second-order valence-electron chi connectivity index (χ2n) is 6.10. The monoisotopic (exact) mass is 411 g/mol. The number of carbonyl (C=O) groups excluding carboxylic acids is 1. The molecule has 140 valence electrons. The number of benzene rings is 1. The minimum absolute atomic E-state index is 0.0156. The van der Waals surface area contributed by atoms with E-state index in [0.29, 0.717) is 27.0 Å². The minimum Gasteiger partial charge on any atom is -0.457 e. The third kappa shape index (κ3) is 3.30. The Hall–Kier alpha value is -3.04. The first-order valence-corrected chi connectivity index (χ1v) is 9.90. The van der Waals surface area contributed by atoms with Crippen LogP contribution in [0.25, 0.3) is 17.4 Å². The van der Waals surface area contributed by atoms with Gasteiger partial charge < -0.3 is 4.42 Å². The number of hydrogen-bond donors (Lipinski definition) is 1. The normalized spacial score (nSPS) is 18.2. The first-order chi connectivity index (χ1) is 13.4. The van der Waals surface area contributed by atoms with Crippen molar-refractivity contribution in [3.63, 3.8) is 0 Å². The van der Waals surface area contributed by atoms with Gasteiger partial charge in [0.1, 0.15) is 22.4 Å². The van der Waals surface area contributed by atoms with Crippen LogP contribution < -0.4 is 0 Å². The molecule has 9 heteroatoms. The number of allylic oxidation sites excluding steroid dienone is 1. The van der Waals surface area contributed by atoms with Crippen LogP contribution >= 0.6 is 23.1 Å². The lowest BCUT2D eigenvalue weighted by Gasteiger charge is -2.02. The number of Topliss-reactive ketones (excluding diaryl/α,β-unsaturated/α-hetero) is 1. The zero-order chi connectivity index (χ0) is 19.8. The van der Waals surface area contributed by atoms with Crippen molar-refractivity contribution in [1.82, 2.24) is 4.98 Å². The van der Waals surface area contributed by atoms with Crippen molar-refractivity contribution in [3.8, 4) is 11.3 Å². The van der Waals surface area contributed by atoms with Gasteiger partial charge in [-0.05, 0) is 30.7 Å². The second kappa shape index (κ2) is 7.17. The Labute approximate surface area is 167 Å². The van der Waals surface area contributed by atoms with Crippen LogP contribution in [-0.4, -0.2) is 20.7 Å². The summed E-state index contributed by atoms with van der Waals surface area (Å²) in [6, 6.07) is 8.00. The van der Waals surface area contributed by atoms with Crippen LogP contribution in [0.15, 0.2) is 51.2 Å². The molecule has 4 rings (SSSR count). The Bertz CT molecular complexity index is 1130. The van der Waals surface area contributed by atoms with Crippen LogP contribution in [0.5, 0.6) is 0 Å². The number of furan rings is 1. The summed E-state index contributed by atoms with van der Waals surface area (Å²) >= 11 is 2.45. The Balaban J connectivity index is 1.64. The maximum absolute atomic E-state index is 12.7. The number of nitro benzene ring substituents is 1. The number of nitro groups is 1. The molecular formula is C19H13N3O4S2. The molecule has 0 radical (unpaired) electrons. The number of nitrogens with zero attached hydrogens (tertiary/aromatic N) is 2. The predicted molar refractivity (Wildman–Crippen MR) is 109 cm³/mol. The molecule has 7 nitrogen and oxygen atoms in total. The van der Waals surface area contributed by atoms with E-state index in [1.807, 2.05) is 6.92 Å². The van der Waals surface area contributed by atoms with E-state index in [1.165, 1.54) is 23.5 Å². The van der Waals surface area contributed by atoms with Gasteiger partial charge in [-0.2, -0.15) is 0 Å². The average Bonchev–Trinajstić information content (AvgIpc) is 3.38. The number of thioether (sulfide) groups is 1. The Morgan fingerprint density at radius 3 is 2.86 bits per heavy atom. The fourth-order valence-electron chi connectivity index (χ4n) is 2.88. The van der Waals surface area contributed by atoms with Gasteiger partial charge >= 0.3 is 0 Å². The number of aryl methyl sites for hydroxylation is 1. The lowest BCUT2D eigenvalue weighted by molar-refractivity contribution is -0.384. The zero-order valence-corrected chi connectivity index (χ0v) is 16.2. The molecule has 1 N–H and O–H groups in total. The molecule has 1 fully saturated rings. The number of hydrogen-bond acceptors (Lipinski definition) is 8. The summed E-state index contributed by atoms with van der Waals surface area (Å²) in [5.74, 6) is 0.110. The topological polar surface area (TPSA) is 110 Å². The Morgan fingerprint density at radius 2 is 2.14 bits per heavy atom. The van der Waals surface area contributed by atoms with Crippen molar-refractivity contribution in [2.45, 2.75) is 12.8 Å². The SMILES string of the molecule is Cc1ccc([N+](=O)[O-])cc1-c1ccc(C=C2SC(=N)C(c3nccs3)C2=O)o1. The largest absolute Gasteiger partial charge is 0.457 e. The molecule has 3 heterocycles. The maximum Gasteiger partial charge on any atom is 0.270 e. The number of aromatic nitrogens is 1. The van der Waals surface area contributed by atoms with Crippen molar-refractivity contribution in [2.24, 2.45) is 0 Å². The highest BCUT2D eigenvalue weighted by Gasteiger charge is 2.38. The van der Waals surface area contributed by atoms with E-state index in [9.17, 15) is 14.9 Å². The molecule has 1 unspecified atom stereocenters. The molecule has 1 saturated heterocycles.